The highest BCUT2D eigenvalue weighted by Crippen LogP contribution is 2.55. The largest absolute Gasteiger partial charge is 0.497 e. The van der Waals surface area contributed by atoms with Crippen molar-refractivity contribution in [3.63, 3.8) is 0 Å². The van der Waals surface area contributed by atoms with Gasteiger partial charge in [-0.1, -0.05) is 13.8 Å². The SMILES string of the molecule is COc1ccc(-n2ncc(C(=O)NC3C4CC5CC3CC(O)(C5)C4)c2C(C)C)cc1. The van der Waals surface area contributed by atoms with Crippen molar-refractivity contribution in [3.05, 3.63) is 41.7 Å². The fraction of sp³-hybridized carbons (Fsp3) is 0.583. The van der Waals surface area contributed by atoms with Gasteiger partial charge in [-0.05, 0) is 80.0 Å². The van der Waals surface area contributed by atoms with E-state index in [4.69, 9.17) is 4.74 Å². The third-order valence-corrected chi connectivity index (χ3v) is 7.45. The second kappa shape index (κ2) is 7.12. The van der Waals surface area contributed by atoms with E-state index in [1.807, 2.05) is 28.9 Å². The third-order valence-electron chi connectivity index (χ3n) is 7.45. The van der Waals surface area contributed by atoms with Gasteiger partial charge in [0, 0.05) is 6.04 Å². The Morgan fingerprint density at radius 2 is 1.87 bits per heavy atom. The molecule has 4 bridgehead atoms. The van der Waals surface area contributed by atoms with E-state index >= 15 is 0 Å². The van der Waals surface area contributed by atoms with Crippen LogP contribution in [0.2, 0.25) is 0 Å². The number of nitrogens with zero attached hydrogens (tertiary/aromatic N) is 2. The van der Waals surface area contributed by atoms with Crippen LogP contribution in [0.15, 0.2) is 30.5 Å². The van der Waals surface area contributed by atoms with E-state index in [9.17, 15) is 9.90 Å². The van der Waals surface area contributed by atoms with E-state index in [-0.39, 0.29) is 17.9 Å². The van der Waals surface area contributed by atoms with Crippen LogP contribution in [0.25, 0.3) is 5.69 Å². The number of nitrogens with one attached hydrogen (secondary N) is 1. The quantitative estimate of drug-likeness (QED) is 0.790. The van der Waals surface area contributed by atoms with Crippen molar-refractivity contribution in [3.8, 4) is 11.4 Å². The van der Waals surface area contributed by atoms with Crippen LogP contribution in [0.4, 0.5) is 0 Å². The molecule has 30 heavy (non-hydrogen) atoms. The van der Waals surface area contributed by atoms with Crippen LogP contribution in [0, 0.1) is 17.8 Å². The average molecular weight is 410 g/mol. The van der Waals surface area contributed by atoms with Crippen molar-refractivity contribution >= 4 is 5.91 Å². The van der Waals surface area contributed by atoms with Crippen LogP contribution in [0.3, 0.4) is 0 Å². The van der Waals surface area contributed by atoms with Crippen LogP contribution in [-0.2, 0) is 0 Å². The summed E-state index contributed by atoms with van der Waals surface area (Å²) in [5.41, 5.74) is 1.99. The highest BCUT2D eigenvalue weighted by Gasteiger charge is 2.55. The maximum atomic E-state index is 13.3. The molecule has 2 unspecified atom stereocenters. The first-order chi connectivity index (χ1) is 14.4. The smallest absolute Gasteiger partial charge is 0.255 e. The van der Waals surface area contributed by atoms with Crippen LogP contribution in [0.1, 0.15) is 67.9 Å². The minimum atomic E-state index is -0.486. The summed E-state index contributed by atoms with van der Waals surface area (Å²) in [7, 11) is 1.65. The highest BCUT2D eigenvalue weighted by molar-refractivity contribution is 5.95. The molecular weight excluding hydrogens is 378 g/mol. The fourth-order valence-corrected chi connectivity index (χ4v) is 6.46. The fourth-order valence-electron chi connectivity index (χ4n) is 6.46. The zero-order valence-electron chi connectivity index (χ0n) is 18.0. The van der Waals surface area contributed by atoms with Crippen LogP contribution < -0.4 is 10.1 Å². The molecule has 0 spiro atoms. The summed E-state index contributed by atoms with van der Waals surface area (Å²) in [6.45, 7) is 4.18. The number of amides is 1. The predicted molar refractivity (Wildman–Crippen MR) is 114 cm³/mol. The molecular formula is C24H31N3O3. The first kappa shape index (κ1) is 19.6. The van der Waals surface area contributed by atoms with Crippen molar-refractivity contribution in [1.82, 2.24) is 15.1 Å². The Hall–Kier alpha value is -2.34. The molecule has 0 aliphatic heterocycles. The lowest BCUT2D eigenvalue weighted by molar-refractivity contribution is -0.136. The number of aromatic nitrogens is 2. The Labute approximate surface area is 177 Å². The zero-order valence-corrected chi connectivity index (χ0v) is 18.0. The topological polar surface area (TPSA) is 76.4 Å². The number of rotatable bonds is 5. The molecule has 0 saturated heterocycles. The first-order valence-electron chi connectivity index (χ1n) is 11.1. The Morgan fingerprint density at radius 3 is 2.43 bits per heavy atom. The van der Waals surface area contributed by atoms with Gasteiger partial charge in [-0.3, -0.25) is 4.79 Å². The molecule has 4 saturated carbocycles. The van der Waals surface area contributed by atoms with Gasteiger partial charge >= 0.3 is 0 Å². The summed E-state index contributed by atoms with van der Waals surface area (Å²) in [4.78, 5) is 13.3. The molecule has 6 nitrogen and oxygen atoms in total. The van der Waals surface area contributed by atoms with E-state index in [2.05, 4.69) is 24.3 Å². The van der Waals surface area contributed by atoms with Crippen LogP contribution in [0.5, 0.6) is 5.75 Å². The normalized spacial score (nSPS) is 31.9. The molecule has 4 fully saturated rings. The minimum absolute atomic E-state index is 0.0390. The van der Waals surface area contributed by atoms with E-state index in [0.717, 1.165) is 49.2 Å². The Morgan fingerprint density at radius 1 is 1.20 bits per heavy atom. The van der Waals surface area contributed by atoms with Crippen molar-refractivity contribution in [2.24, 2.45) is 17.8 Å². The molecule has 2 N–H and O–H groups in total. The number of aliphatic hydroxyl groups is 1. The van der Waals surface area contributed by atoms with Crippen molar-refractivity contribution in [2.75, 3.05) is 7.11 Å². The second-order valence-electron chi connectivity index (χ2n) is 9.90. The highest BCUT2D eigenvalue weighted by atomic mass is 16.5. The number of methoxy groups -OCH3 is 1. The van der Waals surface area contributed by atoms with Crippen molar-refractivity contribution in [1.29, 1.82) is 0 Å². The van der Waals surface area contributed by atoms with Gasteiger partial charge in [0.15, 0.2) is 0 Å². The Balaban J connectivity index is 1.40. The summed E-state index contributed by atoms with van der Waals surface area (Å²) >= 11 is 0. The molecule has 2 aromatic rings. The molecule has 1 heterocycles. The number of hydrogen-bond acceptors (Lipinski definition) is 4. The predicted octanol–water partition coefficient (Wildman–Crippen LogP) is 3.67. The third kappa shape index (κ3) is 3.22. The molecule has 160 valence electrons. The van der Waals surface area contributed by atoms with Crippen molar-refractivity contribution < 1.29 is 14.6 Å². The summed E-state index contributed by atoms with van der Waals surface area (Å²) in [5.74, 6) is 2.31. The zero-order chi connectivity index (χ0) is 21.0. The lowest BCUT2D eigenvalue weighted by atomic mass is 9.52. The number of hydrogen-bond donors (Lipinski definition) is 2. The van der Waals surface area contributed by atoms with Crippen molar-refractivity contribution in [2.45, 2.75) is 63.5 Å². The average Bonchev–Trinajstić information content (AvgIpc) is 3.15. The summed E-state index contributed by atoms with van der Waals surface area (Å²) in [5, 5.41) is 18.7. The van der Waals surface area contributed by atoms with Gasteiger partial charge in [-0.2, -0.15) is 5.10 Å². The summed E-state index contributed by atoms with van der Waals surface area (Å²) < 4.78 is 7.11. The van der Waals surface area contributed by atoms with E-state index in [1.165, 1.54) is 0 Å². The molecule has 1 aromatic carbocycles. The Bertz CT molecular complexity index is 933. The number of carbonyl (C=O) groups excluding carboxylic acids is 1. The van der Waals surface area contributed by atoms with Gasteiger partial charge in [-0.15, -0.1) is 0 Å². The van der Waals surface area contributed by atoms with E-state index < -0.39 is 5.60 Å². The standard InChI is InChI=1S/C24H31N3O3/c1-14(2)22-20(13-25-27(22)18-4-6-19(30-3)7-5-18)23(28)26-21-16-8-15-9-17(21)12-24(29,10-15)11-16/h4-7,13-17,21,29H,8-12H2,1-3H3,(H,26,28). The molecule has 0 radical (unpaired) electrons. The molecule has 6 heteroatoms. The maximum absolute atomic E-state index is 13.3. The van der Waals surface area contributed by atoms with E-state index in [0.29, 0.717) is 23.3 Å². The van der Waals surface area contributed by atoms with Crippen LogP contribution in [-0.4, -0.2) is 39.5 Å². The summed E-state index contributed by atoms with van der Waals surface area (Å²) in [6, 6.07) is 7.88. The number of benzene rings is 1. The second-order valence-corrected chi connectivity index (χ2v) is 9.90. The monoisotopic (exact) mass is 409 g/mol. The lowest BCUT2D eigenvalue weighted by Crippen LogP contribution is -2.61. The van der Waals surface area contributed by atoms with Gasteiger partial charge in [0.25, 0.3) is 5.91 Å². The number of ether oxygens (including phenoxy) is 1. The van der Waals surface area contributed by atoms with Crippen LogP contribution >= 0.6 is 0 Å². The number of carbonyl (C=O) groups is 1. The molecule has 1 aromatic heterocycles. The molecule has 4 aliphatic rings. The van der Waals surface area contributed by atoms with Gasteiger partial charge in [-0.25, -0.2) is 4.68 Å². The van der Waals surface area contributed by atoms with E-state index in [1.54, 1.807) is 13.3 Å². The van der Waals surface area contributed by atoms with Gasteiger partial charge < -0.3 is 15.2 Å². The molecule has 1 amide bonds. The molecule has 2 atom stereocenters. The first-order valence-corrected chi connectivity index (χ1v) is 11.1. The lowest BCUT2D eigenvalue weighted by Gasteiger charge is -2.58. The summed E-state index contributed by atoms with van der Waals surface area (Å²) in [6.07, 6.45) is 6.56. The minimum Gasteiger partial charge on any atom is -0.497 e. The van der Waals surface area contributed by atoms with Gasteiger partial charge in [0.05, 0.1) is 35.9 Å². The van der Waals surface area contributed by atoms with Gasteiger partial charge in [0.2, 0.25) is 0 Å². The molecule has 6 rings (SSSR count). The maximum Gasteiger partial charge on any atom is 0.255 e. The molecule has 4 aliphatic carbocycles. The Kier molecular flexibility index (Phi) is 4.65. The van der Waals surface area contributed by atoms with Gasteiger partial charge in [0.1, 0.15) is 5.75 Å².